The third kappa shape index (κ3) is 4.01. The van der Waals surface area contributed by atoms with E-state index in [0.29, 0.717) is 19.8 Å². The molecule has 0 atom stereocenters. The fourth-order valence-electron chi connectivity index (χ4n) is 2.04. The molecule has 0 spiro atoms. The molecule has 1 aliphatic heterocycles. The summed E-state index contributed by atoms with van der Waals surface area (Å²) in [4.78, 5) is 1.59. The van der Waals surface area contributed by atoms with Crippen molar-refractivity contribution < 1.29 is 18.6 Å². The molecule has 0 radical (unpaired) electrons. The van der Waals surface area contributed by atoms with Crippen LogP contribution in [0.2, 0.25) is 0 Å². The van der Waals surface area contributed by atoms with Gasteiger partial charge >= 0.3 is 0 Å². The number of rotatable bonds is 5. The van der Waals surface area contributed by atoms with Crippen LogP contribution in [-0.2, 0) is 4.74 Å². The summed E-state index contributed by atoms with van der Waals surface area (Å²) in [5.74, 6) is 0. The van der Waals surface area contributed by atoms with Gasteiger partial charge < -0.3 is 14.7 Å². The Bertz CT molecular complexity index is 184. The Hall–Kier alpha value is -0.260. The van der Waals surface area contributed by atoms with E-state index in [9.17, 15) is 13.9 Å². The summed E-state index contributed by atoms with van der Waals surface area (Å²) >= 11 is 0. The molecule has 5 heteroatoms. The SMILES string of the molecule is CN(CC(F)F)CC1(CO)CCOCC1. The second-order valence-corrected chi connectivity index (χ2v) is 4.36. The largest absolute Gasteiger partial charge is 0.396 e. The first-order valence-corrected chi connectivity index (χ1v) is 5.23. The van der Waals surface area contributed by atoms with Crippen LogP contribution in [0.3, 0.4) is 0 Å². The van der Waals surface area contributed by atoms with Gasteiger partial charge in [0.2, 0.25) is 0 Å². The minimum absolute atomic E-state index is 0.0456. The minimum atomic E-state index is -2.31. The van der Waals surface area contributed by atoms with Crippen LogP contribution in [-0.4, -0.2) is 56.4 Å². The Morgan fingerprint density at radius 1 is 1.40 bits per heavy atom. The number of hydrogen-bond acceptors (Lipinski definition) is 3. The number of aliphatic hydroxyl groups is 1. The van der Waals surface area contributed by atoms with Gasteiger partial charge in [-0.05, 0) is 19.9 Å². The molecule has 0 aromatic rings. The van der Waals surface area contributed by atoms with Crippen molar-refractivity contribution in [3.8, 4) is 0 Å². The summed E-state index contributed by atoms with van der Waals surface area (Å²) in [6.45, 7) is 1.55. The van der Waals surface area contributed by atoms with E-state index >= 15 is 0 Å². The molecule has 1 heterocycles. The first kappa shape index (κ1) is 12.8. The van der Waals surface area contributed by atoms with Crippen LogP contribution in [0, 0.1) is 5.41 Å². The highest BCUT2D eigenvalue weighted by Crippen LogP contribution is 2.30. The molecule has 1 rings (SSSR count). The highest BCUT2D eigenvalue weighted by atomic mass is 19.3. The van der Waals surface area contributed by atoms with Crippen LogP contribution >= 0.6 is 0 Å². The summed E-state index contributed by atoms with van der Waals surface area (Å²) in [5, 5.41) is 9.35. The Morgan fingerprint density at radius 2 is 2.00 bits per heavy atom. The number of aliphatic hydroxyl groups excluding tert-OH is 1. The number of hydrogen-bond donors (Lipinski definition) is 1. The maximum Gasteiger partial charge on any atom is 0.251 e. The Balaban J connectivity index is 2.43. The summed E-state index contributed by atoms with van der Waals surface area (Å²) < 4.78 is 29.5. The van der Waals surface area contributed by atoms with E-state index in [-0.39, 0.29) is 18.6 Å². The summed E-state index contributed by atoms with van der Waals surface area (Å²) in [6, 6.07) is 0. The van der Waals surface area contributed by atoms with Gasteiger partial charge in [-0.3, -0.25) is 0 Å². The zero-order chi connectivity index (χ0) is 11.3. The average Bonchev–Trinajstić information content (AvgIpc) is 2.17. The molecule has 1 aliphatic rings. The maximum absolute atomic E-state index is 12.1. The first-order chi connectivity index (χ1) is 7.08. The summed E-state index contributed by atoms with van der Waals surface area (Å²) in [7, 11) is 1.67. The molecule has 0 aliphatic carbocycles. The number of halogens is 2. The van der Waals surface area contributed by atoms with E-state index in [2.05, 4.69) is 0 Å². The van der Waals surface area contributed by atoms with Crippen molar-refractivity contribution in [1.29, 1.82) is 0 Å². The van der Waals surface area contributed by atoms with Crippen molar-refractivity contribution >= 4 is 0 Å². The fourth-order valence-corrected chi connectivity index (χ4v) is 2.04. The van der Waals surface area contributed by atoms with Crippen LogP contribution in [0.25, 0.3) is 0 Å². The molecule has 0 amide bonds. The van der Waals surface area contributed by atoms with Gasteiger partial charge in [-0.25, -0.2) is 8.78 Å². The van der Waals surface area contributed by atoms with Crippen LogP contribution in [0.15, 0.2) is 0 Å². The van der Waals surface area contributed by atoms with Gasteiger partial charge in [0.1, 0.15) is 0 Å². The summed E-state index contributed by atoms with van der Waals surface area (Å²) in [6.07, 6.45) is -0.820. The lowest BCUT2D eigenvalue weighted by molar-refractivity contribution is -0.0370. The summed E-state index contributed by atoms with van der Waals surface area (Å²) in [5.41, 5.74) is -0.248. The smallest absolute Gasteiger partial charge is 0.251 e. The van der Waals surface area contributed by atoms with Crippen molar-refractivity contribution in [3.05, 3.63) is 0 Å². The van der Waals surface area contributed by atoms with Crippen molar-refractivity contribution in [1.82, 2.24) is 4.90 Å². The van der Waals surface area contributed by atoms with Crippen molar-refractivity contribution in [3.63, 3.8) is 0 Å². The molecule has 0 aromatic heterocycles. The second kappa shape index (κ2) is 5.72. The van der Waals surface area contributed by atoms with Crippen LogP contribution in [0.4, 0.5) is 8.78 Å². The molecule has 0 saturated carbocycles. The third-order valence-electron chi connectivity index (χ3n) is 2.94. The first-order valence-electron chi connectivity index (χ1n) is 5.23. The fraction of sp³-hybridized carbons (Fsp3) is 1.00. The Morgan fingerprint density at radius 3 is 2.47 bits per heavy atom. The van der Waals surface area contributed by atoms with Gasteiger partial charge in [-0.1, -0.05) is 0 Å². The van der Waals surface area contributed by atoms with Crippen LogP contribution in [0.5, 0.6) is 0 Å². The number of alkyl halides is 2. The molecular formula is C10H19F2NO2. The van der Waals surface area contributed by atoms with Crippen molar-refractivity contribution in [2.75, 3.05) is 40.0 Å². The number of ether oxygens (including phenoxy) is 1. The average molecular weight is 223 g/mol. The topological polar surface area (TPSA) is 32.7 Å². The van der Waals surface area contributed by atoms with Crippen molar-refractivity contribution in [2.24, 2.45) is 5.41 Å². The third-order valence-corrected chi connectivity index (χ3v) is 2.94. The molecule has 15 heavy (non-hydrogen) atoms. The Kier molecular flexibility index (Phi) is 4.89. The van der Waals surface area contributed by atoms with Gasteiger partial charge in [-0.15, -0.1) is 0 Å². The Labute approximate surface area is 89.0 Å². The molecule has 0 unspecified atom stereocenters. The van der Waals surface area contributed by atoms with Gasteiger partial charge in [0.15, 0.2) is 0 Å². The standard InChI is InChI=1S/C10H19F2NO2/c1-13(6-9(11)12)7-10(8-14)2-4-15-5-3-10/h9,14H,2-8H2,1H3. The lowest BCUT2D eigenvalue weighted by atomic mass is 9.80. The van der Waals surface area contributed by atoms with Gasteiger partial charge in [0.05, 0.1) is 13.2 Å². The molecule has 1 fully saturated rings. The minimum Gasteiger partial charge on any atom is -0.396 e. The van der Waals surface area contributed by atoms with E-state index in [1.807, 2.05) is 0 Å². The molecule has 1 N–H and O–H groups in total. The van der Waals surface area contributed by atoms with Crippen LogP contribution in [0.1, 0.15) is 12.8 Å². The van der Waals surface area contributed by atoms with E-state index < -0.39 is 6.43 Å². The second-order valence-electron chi connectivity index (χ2n) is 4.36. The quantitative estimate of drug-likeness (QED) is 0.754. The molecule has 3 nitrogen and oxygen atoms in total. The molecule has 0 aromatic carbocycles. The predicted molar refractivity (Wildman–Crippen MR) is 53.1 cm³/mol. The molecule has 90 valence electrons. The molecular weight excluding hydrogens is 204 g/mol. The maximum atomic E-state index is 12.1. The lowest BCUT2D eigenvalue weighted by Crippen LogP contribution is -2.43. The van der Waals surface area contributed by atoms with E-state index in [1.165, 1.54) is 0 Å². The monoisotopic (exact) mass is 223 g/mol. The van der Waals surface area contributed by atoms with Gasteiger partial charge in [-0.2, -0.15) is 0 Å². The molecule has 0 bridgehead atoms. The van der Waals surface area contributed by atoms with Gasteiger partial charge in [0, 0.05) is 25.2 Å². The highest BCUT2D eigenvalue weighted by molar-refractivity contribution is 4.84. The van der Waals surface area contributed by atoms with E-state index in [0.717, 1.165) is 12.8 Å². The van der Waals surface area contributed by atoms with Crippen molar-refractivity contribution in [2.45, 2.75) is 19.3 Å². The van der Waals surface area contributed by atoms with Gasteiger partial charge in [0.25, 0.3) is 6.43 Å². The molecule has 1 saturated heterocycles. The normalized spacial score (nSPS) is 21.2. The predicted octanol–water partition coefficient (Wildman–Crippen LogP) is 0.972. The van der Waals surface area contributed by atoms with Crippen LogP contribution < -0.4 is 0 Å². The zero-order valence-electron chi connectivity index (χ0n) is 9.09. The highest BCUT2D eigenvalue weighted by Gasteiger charge is 2.33. The zero-order valence-corrected chi connectivity index (χ0v) is 9.09. The van der Waals surface area contributed by atoms with E-state index in [1.54, 1.807) is 11.9 Å². The van der Waals surface area contributed by atoms with E-state index in [4.69, 9.17) is 4.74 Å². The number of nitrogens with zero attached hydrogens (tertiary/aromatic N) is 1. The lowest BCUT2D eigenvalue weighted by Gasteiger charge is -2.38.